The number of para-hydroxylation sites is 1. The number of nitrogens with zero attached hydrogens (tertiary/aromatic N) is 3. The van der Waals surface area contributed by atoms with Gasteiger partial charge in [0.05, 0.1) is 29.6 Å². The van der Waals surface area contributed by atoms with E-state index in [1.165, 1.54) is 11.7 Å². The molecule has 0 N–H and O–H groups in total. The molecule has 7 heteroatoms. The largest absolute Gasteiger partial charge is 0.497 e. The van der Waals surface area contributed by atoms with Crippen molar-refractivity contribution in [2.75, 3.05) is 7.11 Å². The molecule has 0 aliphatic heterocycles. The second-order valence-electron chi connectivity index (χ2n) is 5.40. The number of carbonyl (C=O) groups is 1. The first-order valence-corrected chi connectivity index (χ1v) is 7.80. The number of methoxy groups -OCH3 is 1. The third-order valence-corrected chi connectivity index (χ3v) is 3.83. The number of aromatic nitrogens is 2. The molecule has 3 rings (SSSR count). The number of rotatable bonds is 5. The lowest BCUT2D eigenvalue weighted by Crippen LogP contribution is -2.26. The molecule has 0 saturated carbocycles. The van der Waals surface area contributed by atoms with Crippen LogP contribution in [-0.4, -0.2) is 22.6 Å². The third kappa shape index (κ3) is 3.39. The fourth-order valence-electron chi connectivity index (χ4n) is 2.50. The van der Waals surface area contributed by atoms with Crippen molar-refractivity contribution in [2.45, 2.75) is 13.2 Å². The van der Waals surface area contributed by atoms with Crippen LogP contribution in [0.5, 0.6) is 5.75 Å². The summed E-state index contributed by atoms with van der Waals surface area (Å²) in [5.74, 6) is 0.288. The smallest absolute Gasteiger partial charge is 0.338 e. The molecule has 26 heavy (non-hydrogen) atoms. The molecule has 1 aromatic heterocycles. The molecule has 7 nitrogen and oxygen atoms in total. The molecular weight excluding hydrogens is 334 g/mol. The first-order chi connectivity index (χ1) is 12.6. The second-order valence-corrected chi connectivity index (χ2v) is 5.40. The fourth-order valence-corrected chi connectivity index (χ4v) is 2.50. The number of carbonyl (C=O) groups excluding carboxylic acids is 1. The Balaban J connectivity index is 1.87. The molecule has 0 bridgehead atoms. The summed E-state index contributed by atoms with van der Waals surface area (Å²) in [6.07, 6.45) is 0. The van der Waals surface area contributed by atoms with Crippen molar-refractivity contribution >= 4 is 16.9 Å². The number of ether oxygens (including phenoxy) is 2. The zero-order valence-electron chi connectivity index (χ0n) is 14.0. The van der Waals surface area contributed by atoms with Gasteiger partial charge in [0.15, 0.2) is 5.82 Å². The molecule has 0 saturated heterocycles. The van der Waals surface area contributed by atoms with E-state index >= 15 is 0 Å². The minimum absolute atomic E-state index is 0.175. The van der Waals surface area contributed by atoms with Crippen LogP contribution in [0.3, 0.4) is 0 Å². The molecule has 1 heterocycles. The van der Waals surface area contributed by atoms with Gasteiger partial charge in [0.1, 0.15) is 18.9 Å². The topological polar surface area (TPSA) is 94.2 Å². The van der Waals surface area contributed by atoms with Gasteiger partial charge in [-0.05, 0) is 36.4 Å². The summed E-state index contributed by atoms with van der Waals surface area (Å²) in [6.45, 7) is -0.390. The van der Waals surface area contributed by atoms with Gasteiger partial charge in [0, 0.05) is 0 Å². The van der Waals surface area contributed by atoms with Crippen LogP contribution in [0.15, 0.2) is 53.3 Å². The maximum absolute atomic E-state index is 12.5. The van der Waals surface area contributed by atoms with Crippen LogP contribution in [0.25, 0.3) is 10.9 Å². The minimum atomic E-state index is -0.557. The zero-order chi connectivity index (χ0) is 18.5. The predicted octanol–water partition coefficient (Wildman–Crippen LogP) is 2.29. The highest BCUT2D eigenvalue weighted by molar-refractivity contribution is 5.89. The highest BCUT2D eigenvalue weighted by Gasteiger charge is 2.14. The van der Waals surface area contributed by atoms with Crippen molar-refractivity contribution in [1.82, 2.24) is 9.55 Å². The predicted molar refractivity (Wildman–Crippen MR) is 93.7 cm³/mol. The molecule has 0 fully saturated rings. The third-order valence-electron chi connectivity index (χ3n) is 3.83. The SMILES string of the molecule is COc1ccc(C(=O)OCc2nc3ccccc3c(=O)n2CC#N)cc1. The second kappa shape index (κ2) is 7.49. The molecular formula is C19H15N3O4. The number of benzene rings is 2. The van der Waals surface area contributed by atoms with Crippen LogP contribution in [0.2, 0.25) is 0 Å². The van der Waals surface area contributed by atoms with Crippen molar-refractivity contribution < 1.29 is 14.3 Å². The van der Waals surface area contributed by atoms with Crippen molar-refractivity contribution in [3.05, 3.63) is 70.3 Å². The Morgan fingerprint density at radius 1 is 1.19 bits per heavy atom. The summed E-state index contributed by atoms with van der Waals surface area (Å²) in [6, 6.07) is 15.2. The molecule has 0 unspecified atom stereocenters. The molecule has 130 valence electrons. The van der Waals surface area contributed by atoms with E-state index in [0.29, 0.717) is 22.2 Å². The van der Waals surface area contributed by atoms with Gasteiger partial charge in [0.25, 0.3) is 5.56 Å². The average molecular weight is 349 g/mol. The van der Waals surface area contributed by atoms with Crippen LogP contribution in [0, 0.1) is 11.3 Å². The summed E-state index contributed by atoms with van der Waals surface area (Å²) < 4.78 is 11.5. The lowest BCUT2D eigenvalue weighted by Gasteiger charge is -2.11. The maximum atomic E-state index is 12.5. The minimum Gasteiger partial charge on any atom is -0.497 e. The first-order valence-electron chi connectivity index (χ1n) is 7.80. The van der Waals surface area contributed by atoms with E-state index in [9.17, 15) is 9.59 Å². The van der Waals surface area contributed by atoms with E-state index in [4.69, 9.17) is 14.7 Å². The van der Waals surface area contributed by atoms with Gasteiger partial charge < -0.3 is 9.47 Å². The number of esters is 1. The Hall–Kier alpha value is -3.66. The molecule has 0 radical (unpaired) electrons. The van der Waals surface area contributed by atoms with Crippen molar-refractivity contribution in [1.29, 1.82) is 5.26 Å². The lowest BCUT2D eigenvalue weighted by atomic mass is 10.2. The number of hydrogen-bond donors (Lipinski definition) is 0. The van der Waals surface area contributed by atoms with Crippen LogP contribution in [0.4, 0.5) is 0 Å². The lowest BCUT2D eigenvalue weighted by molar-refractivity contribution is 0.0457. The van der Waals surface area contributed by atoms with Crippen molar-refractivity contribution in [3.8, 4) is 11.8 Å². The number of fused-ring (bicyclic) bond motifs is 1. The van der Waals surface area contributed by atoms with Gasteiger partial charge in [-0.1, -0.05) is 12.1 Å². The van der Waals surface area contributed by atoms with Crippen LogP contribution in [0.1, 0.15) is 16.2 Å². The Bertz CT molecular complexity index is 1050. The van der Waals surface area contributed by atoms with E-state index in [1.807, 2.05) is 6.07 Å². The Morgan fingerprint density at radius 2 is 1.92 bits per heavy atom. The van der Waals surface area contributed by atoms with E-state index in [2.05, 4.69) is 4.98 Å². The van der Waals surface area contributed by atoms with Gasteiger partial charge in [-0.15, -0.1) is 0 Å². The zero-order valence-corrected chi connectivity index (χ0v) is 14.0. The summed E-state index contributed by atoms with van der Waals surface area (Å²) in [5.41, 5.74) is 0.496. The Labute approximate surface area is 149 Å². The van der Waals surface area contributed by atoms with Gasteiger partial charge in [0.2, 0.25) is 0 Å². The van der Waals surface area contributed by atoms with Gasteiger partial charge in [-0.2, -0.15) is 5.26 Å². The monoisotopic (exact) mass is 349 g/mol. The fraction of sp³-hybridized carbons (Fsp3) is 0.158. The van der Waals surface area contributed by atoms with Gasteiger partial charge in [-0.25, -0.2) is 9.78 Å². The molecule has 0 atom stereocenters. The summed E-state index contributed by atoms with van der Waals surface area (Å²) in [4.78, 5) is 29.1. The normalized spacial score (nSPS) is 10.3. The van der Waals surface area contributed by atoms with Crippen LogP contribution >= 0.6 is 0 Å². The van der Waals surface area contributed by atoms with Crippen molar-refractivity contribution in [3.63, 3.8) is 0 Å². The number of nitriles is 1. The molecule has 0 amide bonds. The van der Waals surface area contributed by atoms with E-state index < -0.39 is 5.97 Å². The van der Waals surface area contributed by atoms with E-state index in [1.54, 1.807) is 48.5 Å². The van der Waals surface area contributed by atoms with Gasteiger partial charge >= 0.3 is 5.97 Å². The Morgan fingerprint density at radius 3 is 2.62 bits per heavy atom. The summed E-state index contributed by atoms with van der Waals surface area (Å²) in [5, 5.41) is 9.40. The van der Waals surface area contributed by atoms with Crippen LogP contribution < -0.4 is 10.3 Å². The molecule has 3 aromatic rings. The van der Waals surface area contributed by atoms with E-state index in [0.717, 1.165) is 0 Å². The highest BCUT2D eigenvalue weighted by atomic mass is 16.5. The van der Waals surface area contributed by atoms with E-state index in [-0.39, 0.29) is 24.5 Å². The average Bonchev–Trinajstić information content (AvgIpc) is 2.68. The van der Waals surface area contributed by atoms with Gasteiger partial charge in [-0.3, -0.25) is 9.36 Å². The molecule has 0 spiro atoms. The van der Waals surface area contributed by atoms with Crippen LogP contribution in [-0.2, 0) is 17.9 Å². The highest BCUT2D eigenvalue weighted by Crippen LogP contribution is 2.13. The summed E-state index contributed by atoms with van der Waals surface area (Å²) in [7, 11) is 1.53. The first kappa shape index (κ1) is 17.2. The molecule has 0 aliphatic rings. The standard InChI is InChI=1S/C19H15N3O4/c1-25-14-8-6-13(7-9-14)19(24)26-12-17-21-16-5-3-2-4-15(16)18(23)22(17)11-10-20/h2-9H,11-12H2,1H3. The Kier molecular flexibility index (Phi) is 4.94. The molecule has 2 aromatic carbocycles. The quantitative estimate of drug-likeness (QED) is 0.656. The maximum Gasteiger partial charge on any atom is 0.338 e. The number of hydrogen-bond acceptors (Lipinski definition) is 6. The van der Waals surface area contributed by atoms with Crippen molar-refractivity contribution in [2.24, 2.45) is 0 Å². The summed E-state index contributed by atoms with van der Waals surface area (Å²) >= 11 is 0. The molecule has 0 aliphatic carbocycles.